The number of ketones is 1. The van der Waals surface area contributed by atoms with Crippen LogP contribution in [-0.2, 0) is 6.42 Å². The summed E-state index contributed by atoms with van der Waals surface area (Å²) in [5, 5.41) is 0.533. The third-order valence-electron chi connectivity index (χ3n) is 4.67. The van der Waals surface area contributed by atoms with E-state index < -0.39 is 23.0 Å². The van der Waals surface area contributed by atoms with Gasteiger partial charge in [0.2, 0.25) is 5.88 Å². The van der Waals surface area contributed by atoms with Crippen LogP contribution in [0.2, 0.25) is 5.02 Å². The Bertz CT molecular complexity index is 1210. The van der Waals surface area contributed by atoms with Crippen LogP contribution in [0.15, 0.2) is 85.1 Å². The zero-order chi connectivity index (χ0) is 21.8. The van der Waals surface area contributed by atoms with E-state index in [0.29, 0.717) is 22.2 Å². The molecule has 6 heteroatoms. The highest BCUT2D eigenvalue weighted by atomic mass is 35.5. The van der Waals surface area contributed by atoms with Crippen LogP contribution < -0.4 is 4.74 Å². The number of hydrogen-bond acceptors (Lipinski definition) is 3. The molecule has 4 rings (SSSR count). The molecule has 0 N–H and O–H groups in total. The van der Waals surface area contributed by atoms with Gasteiger partial charge in [-0.3, -0.25) is 4.79 Å². The molecule has 0 amide bonds. The van der Waals surface area contributed by atoms with Gasteiger partial charge in [0.05, 0.1) is 5.56 Å². The maximum Gasteiger partial charge on any atom is 0.219 e. The number of nitrogens with zero attached hydrogens (tertiary/aromatic N) is 1. The lowest BCUT2D eigenvalue weighted by Gasteiger charge is -2.10. The molecule has 0 aliphatic carbocycles. The first-order valence-corrected chi connectivity index (χ1v) is 9.84. The molecule has 4 aromatic rings. The smallest absolute Gasteiger partial charge is 0.219 e. The summed E-state index contributed by atoms with van der Waals surface area (Å²) in [4.78, 5) is 16.5. The van der Waals surface area contributed by atoms with Gasteiger partial charge in [0.1, 0.15) is 17.4 Å². The van der Waals surface area contributed by atoms with Crippen LogP contribution in [0, 0.1) is 11.6 Å². The summed E-state index contributed by atoms with van der Waals surface area (Å²) in [5.74, 6) is -1.30. The lowest BCUT2D eigenvalue weighted by molar-refractivity contribution is 0.0985. The molecule has 0 saturated carbocycles. The van der Waals surface area contributed by atoms with E-state index in [9.17, 15) is 13.6 Å². The predicted molar refractivity (Wildman–Crippen MR) is 116 cm³/mol. The number of ether oxygens (including phenoxy) is 1. The first-order chi connectivity index (χ1) is 15.0. The molecule has 1 heterocycles. The maximum absolute atomic E-state index is 13.8. The van der Waals surface area contributed by atoms with E-state index in [1.807, 2.05) is 6.07 Å². The Hall–Kier alpha value is -3.57. The van der Waals surface area contributed by atoms with Crippen LogP contribution in [0.25, 0.3) is 11.1 Å². The second-order valence-electron chi connectivity index (χ2n) is 6.81. The Morgan fingerprint density at radius 1 is 0.903 bits per heavy atom. The van der Waals surface area contributed by atoms with E-state index in [4.69, 9.17) is 16.3 Å². The number of halogens is 3. The number of aromatic nitrogens is 1. The minimum Gasteiger partial charge on any atom is -0.439 e. The Labute approximate surface area is 182 Å². The van der Waals surface area contributed by atoms with Crippen molar-refractivity contribution in [1.29, 1.82) is 0 Å². The van der Waals surface area contributed by atoms with Gasteiger partial charge in [-0.1, -0.05) is 48.0 Å². The summed E-state index contributed by atoms with van der Waals surface area (Å²) in [6.07, 6.45) is 1.52. The van der Waals surface area contributed by atoms with Crippen molar-refractivity contribution >= 4 is 17.4 Å². The molecule has 0 aliphatic rings. The van der Waals surface area contributed by atoms with Crippen LogP contribution in [0.3, 0.4) is 0 Å². The van der Waals surface area contributed by atoms with Crippen LogP contribution in [0.5, 0.6) is 11.6 Å². The van der Waals surface area contributed by atoms with Gasteiger partial charge >= 0.3 is 0 Å². The molecule has 0 aliphatic heterocycles. The molecule has 0 saturated heterocycles. The maximum atomic E-state index is 13.8. The third-order valence-corrected chi connectivity index (χ3v) is 5.00. The highest BCUT2D eigenvalue weighted by Crippen LogP contribution is 2.33. The molecule has 0 radical (unpaired) electrons. The van der Waals surface area contributed by atoms with Gasteiger partial charge < -0.3 is 4.74 Å². The van der Waals surface area contributed by atoms with Crippen LogP contribution >= 0.6 is 11.6 Å². The second-order valence-corrected chi connectivity index (χ2v) is 7.21. The molecular weight excluding hydrogens is 420 g/mol. The fourth-order valence-electron chi connectivity index (χ4n) is 3.16. The summed E-state index contributed by atoms with van der Waals surface area (Å²) < 4.78 is 33.4. The minimum absolute atomic E-state index is 0.116. The van der Waals surface area contributed by atoms with E-state index >= 15 is 0 Å². The average Bonchev–Trinajstić information content (AvgIpc) is 2.76. The minimum atomic E-state index is -0.863. The summed E-state index contributed by atoms with van der Waals surface area (Å²) in [6, 6.07) is 21.1. The monoisotopic (exact) mass is 435 g/mol. The Morgan fingerprint density at radius 3 is 2.32 bits per heavy atom. The third kappa shape index (κ3) is 4.78. The number of carbonyl (C=O) groups is 1. The zero-order valence-electron chi connectivity index (χ0n) is 16.2. The molecular formula is C25H16ClF2NO2. The first kappa shape index (κ1) is 20.7. The summed E-state index contributed by atoms with van der Waals surface area (Å²) >= 11 is 6.36. The standard InChI is InChI=1S/C25H16ClF2NO2/c26-20-12-11-18(31-24-6-1-2-13-29-24)15-19(20)17-9-7-16(8-10-17)14-23(30)25-21(27)4-3-5-22(25)28/h1-13,15H,14H2. The number of Topliss-reactive ketones (excluding diaryl/α,β-unsaturated/α-hetero) is 1. The molecule has 0 fully saturated rings. The summed E-state index contributed by atoms with van der Waals surface area (Å²) in [5.41, 5.74) is 1.67. The van der Waals surface area contributed by atoms with Gasteiger partial charge in [-0.05, 0) is 47.5 Å². The van der Waals surface area contributed by atoms with Crippen molar-refractivity contribution in [3.63, 3.8) is 0 Å². The lowest BCUT2D eigenvalue weighted by atomic mass is 9.99. The molecule has 3 nitrogen and oxygen atoms in total. The number of carbonyl (C=O) groups excluding carboxylic acids is 1. The highest BCUT2D eigenvalue weighted by molar-refractivity contribution is 6.33. The van der Waals surface area contributed by atoms with E-state index in [1.165, 1.54) is 6.07 Å². The van der Waals surface area contributed by atoms with Crippen molar-refractivity contribution in [3.05, 3.63) is 113 Å². The first-order valence-electron chi connectivity index (χ1n) is 9.46. The molecule has 3 aromatic carbocycles. The second kappa shape index (κ2) is 9.06. The van der Waals surface area contributed by atoms with Crippen molar-refractivity contribution in [2.75, 3.05) is 0 Å². The SMILES string of the molecule is O=C(Cc1ccc(-c2cc(Oc3ccccn3)ccc2Cl)cc1)c1c(F)cccc1F. The average molecular weight is 436 g/mol. The van der Waals surface area contributed by atoms with Crippen LogP contribution in [0.1, 0.15) is 15.9 Å². The number of pyridine rings is 1. The summed E-state index contributed by atoms with van der Waals surface area (Å²) in [7, 11) is 0. The zero-order valence-corrected chi connectivity index (χ0v) is 16.9. The van der Waals surface area contributed by atoms with E-state index in [2.05, 4.69) is 4.98 Å². The fraction of sp³-hybridized carbons (Fsp3) is 0.0400. The quantitative estimate of drug-likeness (QED) is 0.309. The van der Waals surface area contributed by atoms with Crippen molar-refractivity contribution in [2.45, 2.75) is 6.42 Å². The fourth-order valence-corrected chi connectivity index (χ4v) is 3.38. The highest BCUT2D eigenvalue weighted by Gasteiger charge is 2.17. The number of rotatable bonds is 6. The molecule has 0 spiro atoms. The number of benzene rings is 3. The molecule has 31 heavy (non-hydrogen) atoms. The van der Waals surface area contributed by atoms with Gasteiger partial charge in [-0.2, -0.15) is 0 Å². The largest absolute Gasteiger partial charge is 0.439 e. The van der Waals surface area contributed by atoms with E-state index in [0.717, 1.165) is 23.3 Å². The van der Waals surface area contributed by atoms with Crippen LogP contribution in [-0.4, -0.2) is 10.8 Å². The van der Waals surface area contributed by atoms with Gasteiger partial charge in [0, 0.05) is 29.3 Å². The Balaban J connectivity index is 1.54. The van der Waals surface area contributed by atoms with E-state index in [-0.39, 0.29) is 6.42 Å². The van der Waals surface area contributed by atoms with E-state index in [1.54, 1.807) is 60.8 Å². The van der Waals surface area contributed by atoms with Crippen molar-refractivity contribution < 1.29 is 18.3 Å². The lowest BCUT2D eigenvalue weighted by Crippen LogP contribution is -2.09. The molecule has 0 bridgehead atoms. The topological polar surface area (TPSA) is 39.2 Å². The molecule has 0 atom stereocenters. The Kier molecular flexibility index (Phi) is 6.05. The normalized spacial score (nSPS) is 10.7. The van der Waals surface area contributed by atoms with Gasteiger partial charge in [0.15, 0.2) is 5.78 Å². The van der Waals surface area contributed by atoms with Crippen molar-refractivity contribution in [3.8, 4) is 22.8 Å². The van der Waals surface area contributed by atoms with Gasteiger partial charge in [-0.25, -0.2) is 13.8 Å². The molecule has 1 aromatic heterocycles. The summed E-state index contributed by atoms with van der Waals surface area (Å²) in [6.45, 7) is 0. The van der Waals surface area contributed by atoms with Crippen molar-refractivity contribution in [1.82, 2.24) is 4.98 Å². The molecule has 154 valence electrons. The predicted octanol–water partition coefficient (Wildman–Crippen LogP) is 6.90. The Morgan fingerprint density at radius 2 is 1.65 bits per heavy atom. The van der Waals surface area contributed by atoms with Crippen molar-refractivity contribution in [2.24, 2.45) is 0 Å². The number of hydrogen-bond donors (Lipinski definition) is 0. The van der Waals surface area contributed by atoms with Crippen LogP contribution in [0.4, 0.5) is 8.78 Å². The molecule has 0 unspecified atom stereocenters. The van der Waals surface area contributed by atoms with Gasteiger partial charge in [0.25, 0.3) is 0 Å². The van der Waals surface area contributed by atoms with Gasteiger partial charge in [-0.15, -0.1) is 0 Å².